The van der Waals surface area contributed by atoms with E-state index in [1.807, 2.05) is 24.3 Å². The lowest BCUT2D eigenvalue weighted by atomic mass is 10.2. The van der Waals surface area contributed by atoms with Crippen LogP contribution in [0.25, 0.3) is 11.8 Å². The largest absolute Gasteiger partial charge is 0.490 e. The fourth-order valence-corrected chi connectivity index (χ4v) is 4.73. The maximum Gasteiger partial charge on any atom is 0.336 e. The van der Waals surface area contributed by atoms with Gasteiger partial charge in [-0.25, -0.2) is 10.2 Å². The monoisotopic (exact) mass is 648 g/mol. The molecule has 0 spiro atoms. The van der Waals surface area contributed by atoms with Crippen molar-refractivity contribution in [3.63, 3.8) is 0 Å². The molecule has 0 aliphatic rings. The van der Waals surface area contributed by atoms with E-state index < -0.39 is 16.8 Å². The van der Waals surface area contributed by atoms with Crippen LogP contribution in [-0.4, -0.2) is 34.2 Å². The van der Waals surface area contributed by atoms with Gasteiger partial charge < -0.3 is 23.2 Å². The number of esters is 1. The number of nitro groups is 1. The number of furan rings is 1. The second-order valence-electron chi connectivity index (χ2n) is 10.4. The average Bonchev–Trinajstić information content (AvgIpc) is 3.70. The van der Waals surface area contributed by atoms with E-state index in [1.54, 1.807) is 31.2 Å². The van der Waals surface area contributed by atoms with Crippen LogP contribution in [0.4, 0.5) is 5.69 Å². The Morgan fingerprint density at radius 2 is 1.69 bits per heavy atom. The van der Waals surface area contributed by atoms with Gasteiger partial charge in [0.25, 0.3) is 5.69 Å². The second kappa shape index (κ2) is 15.2. The molecule has 0 saturated heterocycles. The van der Waals surface area contributed by atoms with Gasteiger partial charge in [0.1, 0.15) is 18.1 Å². The average molecular weight is 649 g/mol. The Hall–Kier alpha value is -6.43. The molecule has 48 heavy (non-hydrogen) atoms. The Kier molecular flexibility index (Phi) is 10.5. The van der Waals surface area contributed by atoms with Crippen LogP contribution in [0, 0.1) is 24.0 Å². The second-order valence-corrected chi connectivity index (χ2v) is 10.4. The van der Waals surface area contributed by atoms with E-state index in [1.165, 1.54) is 42.6 Å². The number of amides is 1. The Morgan fingerprint density at radius 1 is 0.917 bits per heavy atom. The molecule has 5 rings (SSSR count). The number of hydrazone groups is 1. The molecular formula is C36H32N4O8. The van der Waals surface area contributed by atoms with Crippen molar-refractivity contribution in [2.24, 2.45) is 5.10 Å². The molecule has 12 nitrogen and oxygen atoms in total. The van der Waals surface area contributed by atoms with Gasteiger partial charge in [-0.3, -0.25) is 14.9 Å². The number of carbonyl (C=O) groups excluding carboxylic acids is 2. The smallest absolute Gasteiger partial charge is 0.336 e. The van der Waals surface area contributed by atoms with Crippen LogP contribution >= 0.6 is 0 Å². The Labute approximate surface area is 276 Å². The summed E-state index contributed by atoms with van der Waals surface area (Å²) in [5.74, 6) is 0.397. The zero-order valence-electron chi connectivity index (χ0n) is 26.4. The van der Waals surface area contributed by atoms with E-state index in [-0.39, 0.29) is 29.6 Å². The van der Waals surface area contributed by atoms with Gasteiger partial charge in [-0.05, 0) is 105 Å². The number of rotatable bonds is 13. The fourth-order valence-electron chi connectivity index (χ4n) is 4.73. The van der Waals surface area contributed by atoms with Crippen LogP contribution in [0.1, 0.15) is 45.8 Å². The van der Waals surface area contributed by atoms with Gasteiger partial charge in [0.2, 0.25) is 0 Å². The van der Waals surface area contributed by atoms with Crippen LogP contribution in [0.5, 0.6) is 17.2 Å². The lowest BCUT2D eigenvalue weighted by molar-refractivity contribution is -0.384. The number of non-ortho nitro benzene ring substituents is 1. The third kappa shape index (κ3) is 8.43. The van der Waals surface area contributed by atoms with Crippen LogP contribution in [0.3, 0.4) is 0 Å². The molecule has 244 valence electrons. The van der Waals surface area contributed by atoms with E-state index in [2.05, 4.69) is 41.1 Å². The minimum absolute atomic E-state index is 0.0649. The van der Waals surface area contributed by atoms with Gasteiger partial charge in [0, 0.05) is 35.3 Å². The number of nitrogens with one attached hydrogen (secondary N) is 1. The first-order valence-electron chi connectivity index (χ1n) is 14.9. The standard InChI is InChI=1S/C36H32N4O8/c1-4-45-34-21-27(10-17-32(34)48-35(41)19-11-26-6-5-7-29(20-26)40(43)44)22-37-38-36(42)33-18-16-31(47-33)23-46-30-14-12-28(13-15-30)39-24(2)8-9-25(39)3/h5-22H,4,23H2,1-3H3,(H,38,42)/b19-11+,37-22+. The number of aromatic nitrogens is 1. The predicted molar refractivity (Wildman–Crippen MR) is 179 cm³/mol. The van der Waals surface area contributed by atoms with Gasteiger partial charge in [-0.1, -0.05) is 12.1 Å². The minimum Gasteiger partial charge on any atom is -0.490 e. The van der Waals surface area contributed by atoms with E-state index in [9.17, 15) is 19.7 Å². The Bertz CT molecular complexity index is 1970. The van der Waals surface area contributed by atoms with Crippen molar-refractivity contribution in [3.8, 4) is 22.9 Å². The zero-order chi connectivity index (χ0) is 34.0. The minimum atomic E-state index is -0.699. The summed E-state index contributed by atoms with van der Waals surface area (Å²) >= 11 is 0. The highest BCUT2D eigenvalue weighted by atomic mass is 16.6. The summed E-state index contributed by atoms with van der Waals surface area (Å²) in [7, 11) is 0. The number of nitrogens with zero attached hydrogens (tertiary/aromatic N) is 3. The number of hydrogen-bond donors (Lipinski definition) is 1. The zero-order valence-corrected chi connectivity index (χ0v) is 26.4. The molecule has 0 radical (unpaired) electrons. The summed E-state index contributed by atoms with van der Waals surface area (Å²) in [6.07, 6.45) is 3.98. The maximum absolute atomic E-state index is 12.6. The van der Waals surface area contributed by atoms with Gasteiger partial charge >= 0.3 is 11.9 Å². The molecule has 0 unspecified atom stereocenters. The molecule has 0 aliphatic heterocycles. The van der Waals surface area contributed by atoms with Gasteiger partial charge in [-0.15, -0.1) is 0 Å². The van der Waals surface area contributed by atoms with Gasteiger partial charge in [-0.2, -0.15) is 5.10 Å². The molecule has 0 aliphatic carbocycles. The number of nitro benzene ring substituents is 1. The molecule has 1 amide bonds. The lowest BCUT2D eigenvalue weighted by Gasteiger charge is -2.10. The van der Waals surface area contributed by atoms with Crippen molar-refractivity contribution < 1.29 is 33.1 Å². The van der Waals surface area contributed by atoms with Crippen LogP contribution in [0.2, 0.25) is 0 Å². The molecule has 0 atom stereocenters. The topological polar surface area (TPSA) is 147 Å². The predicted octanol–water partition coefficient (Wildman–Crippen LogP) is 6.96. The molecule has 0 fully saturated rings. The Morgan fingerprint density at radius 3 is 2.42 bits per heavy atom. The summed E-state index contributed by atoms with van der Waals surface area (Å²) < 4.78 is 24.6. The number of hydrogen-bond acceptors (Lipinski definition) is 9. The van der Waals surface area contributed by atoms with Crippen molar-refractivity contribution in [1.82, 2.24) is 9.99 Å². The van der Waals surface area contributed by atoms with Crippen LogP contribution in [0.15, 0.2) is 107 Å². The molecule has 1 N–H and O–H groups in total. The number of benzene rings is 3. The van der Waals surface area contributed by atoms with Gasteiger partial charge in [0.05, 0.1) is 17.7 Å². The first-order chi connectivity index (χ1) is 23.2. The van der Waals surface area contributed by atoms with Crippen molar-refractivity contribution >= 4 is 29.9 Å². The molecule has 12 heteroatoms. The third-order valence-electron chi connectivity index (χ3n) is 6.98. The van der Waals surface area contributed by atoms with Crippen molar-refractivity contribution in [3.05, 3.63) is 141 Å². The highest BCUT2D eigenvalue weighted by Gasteiger charge is 2.13. The first-order valence-corrected chi connectivity index (χ1v) is 14.9. The fraction of sp³-hybridized carbons (Fsp3) is 0.139. The Balaban J connectivity index is 1.13. The molecule has 0 saturated carbocycles. The normalized spacial score (nSPS) is 11.1. The van der Waals surface area contributed by atoms with Gasteiger partial charge in [0.15, 0.2) is 17.3 Å². The molecule has 5 aromatic rings. The number of aryl methyl sites for hydroxylation is 2. The first kappa shape index (κ1) is 32.9. The quantitative estimate of drug-likeness (QED) is 0.0360. The summed E-state index contributed by atoms with van der Waals surface area (Å²) in [5, 5.41) is 15.0. The van der Waals surface area contributed by atoms with E-state index in [4.69, 9.17) is 18.6 Å². The summed E-state index contributed by atoms with van der Waals surface area (Å²) in [4.78, 5) is 35.5. The number of ether oxygens (including phenoxy) is 3. The van der Waals surface area contributed by atoms with Crippen molar-refractivity contribution in [2.45, 2.75) is 27.4 Å². The summed E-state index contributed by atoms with van der Waals surface area (Å²) in [6.45, 7) is 6.32. The molecule has 3 aromatic carbocycles. The molecule has 0 bridgehead atoms. The molecule has 2 aromatic heterocycles. The number of carbonyl (C=O) groups is 2. The highest BCUT2D eigenvalue weighted by Crippen LogP contribution is 2.28. The third-order valence-corrected chi connectivity index (χ3v) is 6.98. The highest BCUT2D eigenvalue weighted by molar-refractivity contribution is 5.92. The maximum atomic E-state index is 12.6. The lowest BCUT2D eigenvalue weighted by Crippen LogP contribution is -2.16. The summed E-state index contributed by atoms with van der Waals surface area (Å²) in [5.41, 5.74) is 6.69. The summed E-state index contributed by atoms with van der Waals surface area (Å²) in [6, 6.07) is 25.7. The van der Waals surface area contributed by atoms with E-state index >= 15 is 0 Å². The van der Waals surface area contributed by atoms with Crippen LogP contribution in [-0.2, 0) is 11.4 Å². The molecular weight excluding hydrogens is 616 g/mol. The SMILES string of the molecule is CCOc1cc(/C=N/NC(=O)c2ccc(COc3ccc(-n4c(C)ccc4C)cc3)o2)ccc1OC(=O)/C=C/c1cccc([N+](=O)[O-])c1. The van der Waals surface area contributed by atoms with E-state index in [0.29, 0.717) is 29.2 Å². The van der Waals surface area contributed by atoms with Crippen molar-refractivity contribution in [2.75, 3.05) is 6.61 Å². The van der Waals surface area contributed by atoms with E-state index in [0.717, 1.165) is 23.2 Å². The van der Waals surface area contributed by atoms with Crippen LogP contribution < -0.4 is 19.6 Å². The van der Waals surface area contributed by atoms with Crippen molar-refractivity contribution in [1.29, 1.82) is 0 Å². The molecule has 2 heterocycles.